The molecule has 0 bridgehead atoms. The monoisotopic (exact) mass is 379 g/mol. The number of likely N-dealkylation sites (N-methyl/N-ethyl adjacent to an activating group) is 1. The number of hydrogen-bond acceptors (Lipinski definition) is 4. The van der Waals surface area contributed by atoms with E-state index in [1.165, 1.54) is 0 Å². The molecule has 7 heteroatoms. The van der Waals surface area contributed by atoms with Gasteiger partial charge in [-0.2, -0.15) is 0 Å². The van der Waals surface area contributed by atoms with Crippen molar-refractivity contribution in [3.63, 3.8) is 0 Å². The molecule has 3 rings (SSSR count). The second-order valence-corrected chi connectivity index (χ2v) is 6.91. The van der Waals surface area contributed by atoms with Gasteiger partial charge in [-0.1, -0.05) is 6.92 Å². The maximum Gasteiger partial charge on any atom is 0.284 e. The van der Waals surface area contributed by atoms with E-state index in [0.29, 0.717) is 5.69 Å². The third-order valence-electron chi connectivity index (χ3n) is 4.20. The van der Waals surface area contributed by atoms with Gasteiger partial charge in [0.15, 0.2) is 5.65 Å². The van der Waals surface area contributed by atoms with Gasteiger partial charge in [0.1, 0.15) is 5.69 Å². The van der Waals surface area contributed by atoms with Gasteiger partial charge in [0, 0.05) is 32.4 Å². The van der Waals surface area contributed by atoms with Crippen LogP contribution >= 0.6 is 15.9 Å². The molecule has 1 aliphatic rings. The SMILES string of the molecule is CCc1nc2c(Br)cc(C)cn2c1C(=O)NN1CCN(C)CC1. The van der Waals surface area contributed by atoms with E-state index >= 15 is 0 Å². The van der Waals surface area contributed by atoms with Crippen molar-refractivity contribution < 1.29 is 4.79 Å². The zero-order valence-electron chi connectivity index (χ0n) is 13.8. The van der Waals surface area contributed by atoms with Crippen LogP contribution in [0.2, 0.25) is 0 Å². The number of carbonyl (C=O) groups excluding carboxylic acids is 1. The van der Waals surface area contributed by atoms with E-state index in [0.717, 1.165) is 54.0 Å². The third kappa shape index (κ3) is 3.27. The number of hydrazine groups is 1. The highest BCUT2D eigenvalue weighted by atomic mass is 79.9. The summed E-state index contributed by atoms with van der Waals surface area (Å²) < 4.78 is 2.80. The summed E-state index contributed by atoms with van der Waals surface area (Å²) in [6, 6.07) is 2.02. The van der Waals surface area contributed by atoms with Gasteiger partial charge in [-0.3, -0.25) is 14.6 Å². The van der Waals surface area contributed by atoms with Crippen molar-refractivity contribution >= 4 is 27.5 Å². The van der Waals surface area contributed by atoms with E-state index in [1.54, 1.807) is 0 Å². The number of amides is 1. The van der Waals surface area contributed by atoms with Gasteiger partial charge in [-0.15, -0.1) is 0 Å². The van der Waals surface area contributed by atoms with E-state index < -0.39 is 0 Å². The minimum Gasteiger partial charge on any atom is -0.304 e. The molecule has 0 spiro atoms. The topological polar surface area (TPSA) is 52.9 Å². The van der Waals surface area contributed by atoms with Gasteiger partial charge >= 0.3 is 0 Å². The van der Waals surface area contributed by atoms with Gasteiger partial charge in [-0.25, -0.2) is 9.99 Å². The highest BCUT2D eigenvalue weighted by Crippen LogP contribution is 2.23. The van der Waals surface area contributed by atoms with Gasteiger partial charge in [0.2, 0.25) is 0 Å². The van der Waals surface area contributed by atoms with Gasteiger partial charge in [0.25, 0.3) is 5.91 Å². The molecule has 1 amide bonds. The Hall–Kier alpha value is -1.44. The number of nitrogens with one attached hydrogen (secondary N) is 1. The minimum atomic E-state index is -0.0867. The lowest BCUT2D eigenvalue weighted by atomic mass is 10.2. The molecule has 23 heavy (non-hydrogen) atoms. The second kappa shape index (κ2) is 6.59. The Morgan fingerprint density at radius 3 is 2.70 bits per heavy atom. The molecule has 0 unspecified atom stereocenters. The molecule has 124 valence electrons. The molecule has 2 aromatic rings. The molecule has 2 aromatic heterocycles. The molecule has 1 saturated heterocycles. The Balaban J connectivity index is 1.93. The zero-order chi connectivity index (χ0) is 16.6. The van der Waals surface area contributed by atoms with E-state index in [1.807, 2.05) is 35.5 Å². The lowest BCUT2D eigenvalue weighted by Gasteiger charge is -2.32. The molecule has 0 atom stereocenters. The number of halogens is 1. The van der Waals surface area contributed by atoms with Gasteiger partial charge in [-0.05, 0) is 48.0 Å². The molecule has 0 saturated carbocycles. The Labute approximate surface area is 144 Å². The van der Waals surface area contributed by atoms with Crippen molar-refractivity contribution in [2.24, 2.45) is 0 Å². The number of carbonyl (C=O) groups is 1. The molecule has 0 aromatic carbocycles. The summed E-state index contributed by atoms with van der Waals surface area (Å²) in [5.41, 5.74) is 6.36. The Morgan fingerprint density at radius 1 is 1.35 bits per heavy atom. The second-order valence-electron chi connectivity index (χ2n) is 6.05. The smallest absolute Gasteiger partial charge is 0.284 e. The first-order valence-electron chi connectivity index (χ1n) is 7.91. The van der Waals surface area contributed by atoms with Crippen LogP contribution < -0.4 is 5.43 Å². The van der Waals surface area contributed by atoms with Crippen LogP contribution in [-0.4, -0.2) is 58.4 Å². The average molecular weight is 380 g/mol. The van der Waals surface area contributed by atoms with Gasteiger partial charge < -0.3 is 4.90 Å². The fourth-order valence-electron chi connectivity index (χ4n) is 2.88. The van der Waals surface area contributed by atoms with E-state index in [-0.39, 0.29) is 5.91 Å². The number of imidazole rings is 1. The fraction of sp³-hybridized carbons (Fsp3) is 0.500. The number of aryl methyl sites for hydroxylation is 2. The van der Waals surface area contributed by atoms with Crippen LogP contribution in [0.5, 0.6) is 0 Å². The van der Waals surface area contributed by atoms with Crippen LogP contribution in [0.4, 0.5) is 0 Å². The largest absolute Gasteiger partial charge is 0.304 e. The van der Waals surface area contributed by atoms with E-state index in [2.05, 4.69) is 38.3 Å². The van der Waals surface area contributed by atoms with Crippen molar-refractivity contribution in [2.75, 3.05) is 33.2 Å². The van der Waals surface area contributed by atoms with Crippen molar-refractivity contribution in [1.82, 2.24) is 24.7 Å². The quantitative estimate of drug-likeness (QED) is 0.884. The lowest BCUT2D eigenvalue weighted by Crippen LogP contribution is -2.52. The maximum atomic E-state index is 12.8. The summed E-state index contributed by atoms with van der Waals surface area (Å²) in [6.07, 6.45) is 2.68. The molecule has 1 fully saturated rings. The van der Waals surface area contributed by atoms with Crippen LogP contribution in [0, 0.1) is 6.92 Å². The van der Waals surface area contributed by atoms with Crippen molar-refractivity contribution in [2.45, 2.75) is 20.3 Å². The summed E-state index contributed by atoms with van der Waals surface area (Å²) in [5, 5.41) is 1.99. The van der Waals surface area contributed by atoms with Crippen LogP contribution in [0.1, 0.15) is 28.7 Å². The molecular weight excluding hydrogens is 358 g/mol. The first-order chi connectivity index (χ1) is 11.0. The number of hydrogen-bond donors (Lipinski definition) is 1. The standard InChI is InChI=1S/C16H22BrN5O/c1-4-13-14(16(23)19-21-7-5-20(3)6-8-21)22-10-11(2)9-12(17)15(22)18-13/h9-10H,4-8H2,1-3H3,(H,19,23). The van der Waals surface area contributed by atoms with Gasteiger partial charge in [0.05, 0.1) is 10.2 Å². The van der Waals surface area contributed by atoms with Crippen molar-refractivity contribution in [3.8, 4) is 0 Å². The molecule has 0 radical (unpaired) electrons. The minimum absolute atomic E-state index is 0.0867. The molecule has 1 N–H and O–H groups in total. The Bertz CT molecular complexity index is 734. The number of piperazine rings is 1. The number of rotatable bonds is 3. The fourth-order valence-corrected chi connectivity index (χ4v) is 3.52. The molecular formula is C16H22BrN5O. The first kappa shape index (κ1) is 16.4. The number of nitrogens with zero attached hydrogens (tertiary/aromatic N) is 4. The van der Waals surface area contributed by atoms with Crippen LogP contribution in [0.25, 0.3) is 5.65 Å². The summed E-state index contributed by atoms with van der Waals surface area (Å²) in [7, 11) is 2.10. The first-order valence-corrected chi connectivity index (χ1v) is 8.70. The van der Waals surface area contributed by atoms with Crippen molar-refractivity contribution in [3.05, 3.63) is 33.7 Å². The van der Waals surface area contributed by atoms with Crippen LogP contribution in [-0.2, 0) is 6.42 Å². The highest BCUT2D eigenvalue weighted by Gasteiger charge is 2.23. The third-order valence-corrected chi connectivity index (χ3v) is 4.78. The molecule has 3 heterocycles. The molecule has 1 aliphatic heterocycles. The summed E-state index contributed by atoms with van der Waals surface area (Å²) in [5.74, 6) is -0.0867. The van der Waals surface area contributed by atoms with Crippen LogP contribution in [0.15, 0.2) is 16.7 Å². The zero-order valence-corrected chi connectivity index (χ0v) is 15.4. The number of fused-ring (bicyclic) bond motifs is 1. The number of pyridine rings is 1. The predicted molar refractivity (Wildman–Crippen MR) is 93.5 cm³/mol. The summed E-state index contributed by atoms with van der Waals surface area (Å²) >= 11 is 3.55. The Morgan fingerprint density at radius 2 is 2.04 bits per heavy atom. The Kier molecular flexibility index (Phi) is 4.70. The summed E-state index contributed by atoms with van der Waals surface area (Å²) in [4.78, 5) is 19.7. The predicted octanol–water partition coefficient (Wildman–Crippen LogP) is 1.86. The lowest BCUT2D eigenvalue weighted by molar-refractivity contribution is 0.0656. The maximum absolute atomic E-state index is 12.8. The van der Waals surface area contributed by atoms with E-state index in [9.17, 15) is 4.79 Å². The highest BCUT2D eigenvalue weighted by molar-refractivity contribution is 9.10. The average Bonchev–Trinajstić information content (AvgIpc) is 2.88. The summed E-state index contributed by atoms with van der Waals surface area (Å²) in [6.45, 7) is 7.62. The van der Waals surface area contributed by atoms with Crippen molar-refractivity contribution in [1.29, 1.82) is 0 Å². The van der Waals surface area contributed by atoms with E-state index in [4.69, 9.17) is 0 Å². The molecule has 6 nitrogen and oxygen atoms in total. The normalized spacial score (nSPS) is 16.9. The van der Waals surface area contributed by atoms with Crippen LogP contribution in [0.3, 0.4) is 0 Å². The molecule has 0 aliphatic carbocycles. The number of aromatic nitrogens is 2.